The van der Waals surface area contributed by atoms with Crippen LogP contribution in [0.1, 0.15) is 34.5 Å². The molecule has 10 heteroatoms. The molecule has 1 fully saturated rings. The van der Waals surface area contributed by atoms with Crippen molar-refractivity contribution in [1.82, 2.24) is 19.5 Å². The first-order valence-electron chi connectivity index (χ1n) is 9.23. The first kappa shape index (κ1) is 18.6. The minimum atomic E-state index is -0.909. The number of benzene rings is 1. The van der Waals surface area contributed by atoms with Crippen molar-refractivity contribution < 1.29 is 10.2 Å². The molecule has 0 spiro atoms. The molecule has 0 unspecified atom stereocenters. The lowest BCUT2D eigenvalue weighted by atomic mass is 10.0. The van der Waals surface area contributed by atoms with Gasteiger partial charge in [-0.1, -0.05) is 12.1 Å². The number of nitrogens with zero attached hydrogens (tertiary/aromatic N) is 5. The molecule has 29 heavy (non-hydrogen) atoms. The zero-order valence-electron chi connectivity index (χ0n) is 15.2. The zero-order valence-corrected chi connectivity index (χ0v) is 16.7. The molecule has 2 aliphatic rings. The molecule has 1 aromatic carbocycles. The van der Waals surface area contributed by atoms with Crippen LogP contribution in [0, 0.1) is 11.3 Å². The Morgan fingerprint density at radius 2 is 2.17 bits per heavy atom. The highest BCUT2D eigenvalue weighted by Gasteiger charge is 2.37. The monoisotopic (exact) mass is 428 g/mol. The molecule has 3 heterocycles. The highest BCUT2D eigenvalue weighted by atomic mass is 35.5. The molecule has 5 rings (SSSR count). The van der Waals surface area contributed by atoms with Gasteiger partial charge in [0, 0.05) is 5.75 Å². The summed E-state index contributed by atoms with van der Waals surface area (Å²) in [5.74, 6) is 0.951. The summed E-state index contributed by atoms with van der Waals surface area (Å²) < 4.78 is 1.73. The number of aliphatic hydroxyl groups excluding tert-OH is 2. The van der Waals surface area contributed by atoms with Crippen LogP contribution in [0.3, 0.4) is 0 Å². The van der Waals surface area contributed by atoms with Crippen LogP contribution in [0.4, 0.5) is 5.82 Å². The molecule has 8 nitrogen and oxygen atoms in total. The Bertz CT molecular complexity index is 1150. The van der Waals surface area contributed by atoms with Gasteiger partial charge in [-0.15, -0.1) is 11.8 Å². The van der Waals surface area contributed by atoms with Crippen LogP contribution in [-0.2, 0) is 6.42 Å². The summed E-state index contributed by atoms with van der Waals surface area (Å²) in [6.45, 7) is 0. The number of nitriles is 1. The van der Waals surface area contributed by atoms with E-state index in [4.69, 9.17) is 11.6 Å². The number of nitrogens with one attached hydrogen (secondary N) is 1. The second-order valence-electron chi connectivity index (χ2n) is 7.17. The van der Waals surface area contributed by atoms with E-state index in [0.717, 1.165) is 24.0 Å². The fourth-order valence-electron chi connectivity index (χ4n) is 4.08. The van der Waals surface area contributed by atoms with Gasteiger partial charge < -0.3 is 15.5 Å². The summed E-state index contributed by atoms with van der Waals surface area (Å²) in [5.41, 5.74) is 3.90. The fraction of sp³-hybridized carbons (Fsp3) is 0.368. The van der Waals surface area contributed by atoms with Gasteiger partial charge in [-0.25, -0.2) is 4.98 Å². The van der Waals surface area contributed by atoms with Crippen LogP contribution < -0.4 is 5.32 Å². The van der Waals surface area contributed by atoms with Gasteiger partial charge in [-0.3, -0.25) is 4.57 Å². The molecule has 0 amide bonds. The number of hydrogen-bond donors (Lipinski definition) is 3. The number of rotatable bonds is 3. The Morgan fingerprint density at radius 1 is 1.31 bits per heavy atom. The van der Waals surface area contributed by atoms with Crippen molar-refractivity contribution in [2.24, 2.45) is 0 Å². The maximum absolute atomic E-state index is 10.3. The second-order valence-corrected chi connectivity index (χ2v) is 8.66. The molecule has 3 N–H and O–H groups in total. The number of anilines is 1. The average Bonchev–Trinajstić information content (AvgIpc) is 3.40. The summed E-state index contributed by atoms with van der Waals surface area (Å²) in [5, 5.41) is 32.6. The van der Waals surface area contributed by atoms with Gasteiger partial charge in [0.15, 0.2) is 17.0 Å². The summed E-state index contributed by atoms with van der Waals surface area (Å²) >= 11 is 7.63. The molecule has 1 saturated heterocycles. The summed E-state index contributed by atoms with van der Waals surface area (Å²) in [7, 11) is 0. The molecule has 1 aliphatic carbocycles. The van der Waals surface area contributed by atoms with Crippen molar-refractivity contribution in [3.63, 3.8) is 0 Å². The summed E-state index contributed by atoms with van der Waals surface area (Å²) in [4.78, 5) is 13.1. The lowest BCUT2D eigenvalue weighted by Crippen LogP contribution is -2.27. The molecule has 148 valence electrons. The highest BCUT2D eigenvalue weighted by molar-refractivity contribution is 7.99. The minimum Gasteiger partial charge on any atom is -0.389 e. The number of aliphatic hydroxyl groups is 2. The van der Waals surface area contributed by atoms with Gasteiger partial charge in [-0.2, -0.15) is 15.2 Å². The van der Waals surface area contributed by atoms with Gasteiger partial charge in [0.1, 0.15) is 11.5 Å². The normalized spacial score (nSPS) is 25.9. The van der Waals surface area contributed by atoms with Gasteiger partial charge in [0.25, 0.3) is 0 Å². The molecule has 4 atom stereocenters. The van der Waals surface area contributed by atoms with E-state index in [1.165, 1.54) is 11.8 Å². The maximum Gasteiger partial charge on any atom is 0.226 e. The standard InChI is InChI=1S/C19H17ClN6O2S/c20-19-24-16(23-12-5-4-10-9(6-21)2-1-3-11(10)12)14-17(25-19)26(8-22-14)18-15(28)13(27)7-29-18/h1-3,8,12-13,15,18,27-28H,4-5,7H2,(H,23,24,25)/t12-,13-,15-,18-/m1/s1. The third kappa shape index (κ3) is 3.04. The highest BCUT2D eigenvalue weighted by Crippen LogP contribution is 2.40. The Hall–Kier alpha value is -2.38. The van der Waals surface area contributed by atoms with Crippen LogP contribution in [0.2, 0.25) is 5.28 Å². The van der Waals surface area contributed by atoms with Gasteiger partial charge in [0.2, 0.25) is 5.28 Å². The Kier molecular flexibility index (Phi) is 4.59. The van der Waals surface area contributed by atoms with E-state index in [0.29, 0.717) is 28.3 Å². The number of imidazole rings is 1. The van der Waals surface area contributed by atoms with Crippen LogP contribution in [0.15, 0.2) is 24.5 Å². The van der Waals surface area contributed by atoms with E-state index in [2.05, 4.69) is 26.3 Å². The molecular formula is C19H17ClN6O2S. The van der Waals surface area contributed by atoms with E-state index in [-0.39, 0.29) is 16.7 Å². The second kappa shape index (κ2) is 7.15. The SMILES string of the molecule is N#Cc1cccc2c1CC[C@H]2Nc1nc(Cl)nc2c1ncn2[C@@H]1SC[C@@H](O)[C@H]1O. The largest absolute Gasteiger partial charge is 0.389 e. The van der Waals surface area contributed by atoms with Crippen molar-refractivity contribution in [2.45, 2.75) is 36.5 Å². The number of halogens is 1. The van der Waals surface area contributed by atoms with Gasteiger partial charge in [0.05, 0.1) is 30.1 Å². The van der Waals surface area contributed by atoms with Crippen LogP contribution in [-0.4, -0.2) is 47.7 Å². The lowest BCUT2D eigenvalue weighted by Gasteiger charge is -2.18. The molecule has 0 radical (unpaired) electrons. The molecular weight excluding hydrogens is 412 g/mol. The van der Waals surface area contributed by atoms with E-state index >= 15 is 0 Å². The fourth-order valence-corrected chi connectivity index (χ4v) is 5.53. The van der Waals surface area contributed by atoms with Crippen molar-refractivity contribution in [3.8, 4) is 6.07 Å². The molecule has 0 bridgehead atoms. The average molecular weight is 429 g/mol. The van der Waals surface area contributed by atoms with Crippen molar-refractivity contribution >= 4 is 40.3 Å². The van der Waals surface area contributed by atoms with Crippen molar-refractivity contribution in [3.05, 3.63) is 46.5 Å². The topological polar surface area (TPSA) is 120 Å². The van der Waals surface area contributed by atoms with Gasteiger partial charge in [-0.05, 0) is 41.6 Å². The first-order chi connectivity index (χ1) is 14.1. The number of aromatic nitrogens is 4. The molecule has 1 aliphatic heterocycles. The quantitative estimate of drug-likeness (QED) is 0.544. The summed E-state index contributed by atoms with van der Waals surface area (Å²) in [6, 6.07) is 7.99. The predicted octanol–water partition coefficient (Wildman–Crippen LogP) is 2.42. The maximum atomic E-state index is 10.3. The molecule has 2 aromatic heterocycles. The van der Waals surface area contributed by atoms with Crippen LogP contribution in [0.5, 0.6) is 0 Å². The Morgan fingerprint density at radius 3 is 2.93 bits per heavy atom. The first-order valence-corrected chi connectivity index (χ1v) is 10.7. The lowest BCUT2D eigenvalue weighted by molar-refractivity contribution is 0.0313. The number of thioether (sulfide) groups is 1. The van der Waals surface area contributed by atoms with E-state index in [1.807, 2.05) is 18.2 Å². The van der Waals surface area contributed by atoms with Crippen molar-refractivity contribution in [2.75, 3.05) is 11.1 Å². The minimum absolute atomic E-state index is 0.00844. The summed E-state index contributed by atoms with van der Waals surface area (Å²) in [6.07, 6.45) is 1.54. The van der Waals surface area contributed by atoms with E-state index in [1.54, 1.807) is 10.9 Å². The van der Waals surface area contributed by atoms with Crippen LogP contribution in [0.25, 0.3) is 11.2 Å². The third-order valence-electron chi connectivity index (χ3n) is 5.49. The number of fused-ring (bicyclic) bond motifs is 2. The zero-order chi connectivity index (χ0) is 20.1. The molecule has 0 saturated carbocycles. The Labute approximate surface area is 175 Å². The smallest absolute Gasteiger partial charge is 0.226 e. The predicted molar refractivity (Wildman–Crippen MR) is 110 cm³/mol. The van der Waals surface area contributed by atoms with Gasteiger partial charge >= 0.3 is 0 Å². The van der Waals surface area contributed by atoms with E-state index < -0.39 is 12.2 Å². The van der Waals surface area contributed by atoms with Crippen LogP contribution >= 0.6 is 23.4 Å². The third-order valence-corrected chi connectivity index (χ3v) is 7.05. The van der Waals surface area contributed by atoms with Crippen molar-refractivity contribution in [1.29, 1.82) is 5.26 Å². The molecule has 3 aromatic rings. The Balaban J connectivity index is 1.52. The van der Waals surface area contributed by atoms with E-state index in [9.17, 15) is 15.5 Å². The number of hydrogen-bond acceptors (Lipinski definition) is 8.